The van der Waals surface area contributed by atoms with E-state index in [4.69, 9.17) is 5.10 Å². The van der Waals surface area contributed by atoms with Crippen molar-refractivity contribution in [1.82, 2.24) is 14.8 Å². The molecule has 1 aliphatic heterocycles. The molecule has 0 bridgehead atoms. The second-order valence-corrected chi connectivity index (χ2v) is 8.19. The smallest absolute Gasteiger partial charge is 0.227 e. The number of thiophene rings is 1. The number of nitrogens with one attached hydrogen (secondary N) is 1. The molecule has 0 radical (unpaired) electrons. The minimum Gasteiger partial charge on any atom is -0.328 e. The van der Waals surface area contributed by atoms with Crippen molar-refractivity contribution in [3.05, 3.63) is 33.2 Å². The second-order valence-electron chi connectivity index (χ2n) is 6.18. The van der Waals surface area contributed by atoms with Crippen molar-refractivity contribution in [2.24, 2.45) is 0 Å². The van der Waals surface area contributed by atoms with E-state index < -0.39 is 0 Å². The molecular formula is C17H20N4OS2. The number of fused-ring (bicyclic) bond motifs is 1. The number of aryl methyl sites for hydroxylation is 1. The van der Waals surface area contributed by atoms with Crippen LogP contribution in [0.25, 0.3) is 0 Å². The van der Waals surface area contributed by atoms with Gasteiger partial charge in [-0.1, -0.05) is 18.7 Å². The highest BCUT2D eigenvalue weighted by molar-refractivity contribution is 7.99. The van der Waals surface area contributed by atoms with Crippen LogP contribution in [0, 0.1) is 6.92 Å². The van der Waals surface area contributed by atoms with Gasteiger partial charge in [0.1, 0.15) is 6.04 Å². The number of aromatic nitrogens is 3. The maximum absolute atomic E-state index is 12.7. The highest BCUT2D eigenvalue weighted by Gasteiger charge is 2.37. The van der Waals surface area contributed by atoms with Crippen LogP contribution in [-0.2, 0) is 4.79 Å². The molecule has 3 heterocycles. The SMILES string of the molecule is CCCSc1nc2n(n1)C(c1sccc1C)C1=C(CCCC1=O)N2. The molecule has 4 rings (SSSR count). The Morgan fingerprint density at radius 2 is 2.33 bits per heavy atom. The Kier molecular flexibility index (Phi) is 4.22. The Morgan fingerprint density at radius 3 is 3.08 bits per heavy atom. The zero-order valence-corrected chi connectivity index (χ0v) is 15.5. The Hall–Kier alpha value is -1.60. The molecule has 1 atom stereocenters. The number of Topliss-reactive ketones (excluding diaryl/α,β-unsaturated/α-hetero) is 1. The molecular weight excluding hydrogens is 340 g/mol. The average molecular weight is 361 g/mol. The van der Waals surface area contributed by atoms with Crippen LogP contribution < -0.4 is 5.32 Å². The predicted molar refractivity (Wildman–Crippen MR) is 97.7 cm³/mol. The lowest BCUT2D eigenvalue weighted by atomic mass is 9.87. The van der Waals surface area contributed by atoms with E-state index in [9.17, 15) is 4.79 Å². The van der Waals surface area contributed by atoms with Crippen LogP contribution in [0.5, 0.6) is 0 Å². The molecule has 1 unspecified atom stereocenters. The fourth-order valence-electron chi connectivity index (χ4n) is 3.30. The van der Waals surface area contributed by atoms with Gasteiger partial charge < -0.3 is 5.32 Å². The number of carbonyl (C=O) groups is 1. The molecule has 2 aliphatic rings. The van der Waals surface area contributed by atoms with Crippen molar-refractivity contribution in [3.8, 4) is 0 Å². The number of hydrogen-bond donors (Lipinski definition) is 1. The lowest BCUT2D eigenvalue weighted by Gasteiger charge is -2.31. The van der Waals surface area contributed by atoms with Crippen LogP contribution >= 0.6 is 23.1 Å². The van der Waals surface area contributed by atoms with Crippen molar-refractivity contribution in [2.75, 3.05) is 11.1 Å². The number of thioether (sulfide) groups is 1. The lowest BCUT2D eigenvalue weighted by Crippen LogP contribution is -2.31. The Balaban J connectivity index is 1.83. The monoisotopic (exact) mass is 360 g/mol. The highest BCUT2D eigenvalue weighted by atomic mass is 32.2. The van der Waals surface area contributed by atoms with Gasteiger partial charge in [0.25, 0.3) is 0 Å². The first-order valence-electron chi connectivity index (χ1n) is 8.35. The van der Waals surface area contributed by atoms with Gasteiger partial charge in [-0.3, -0.25) is 4.79 Å². The summed E-state index contributed by atoms with van der Waals surface area (Å²) in [4.78, 5) is 18.5. The fraction of sp³-hybridized carbons (Fsp3) is 0.471. The van der Waals surface area contributed by atoms with Crippen molar-refractivity contribution >= 4 is 34.8 Å². The number of allylic oxidation sites excluding steroid dienone is 2. The normalized spacial score (nSPS) is 19.9. The first kappa shape index (κ1) is 15.9. The zero-order chi connectivity index (χ0) is 16.7. The highest BCUT2D eigenvalue weighted by Crippen LogP contribution is 2.42. The molecule has 0 amide bonds. The molecule has 0 fully saturated rings. The van der Waals surface area contributed by atoms with E-state index in [1.165, 1.54) is 10.4 Å². The van der Waals surface area contributed by atoms with Crippen LogP contribution in [0.1, 0.15) is 49.1 Å². The minimum absolute atomic E-state index is 0.132. The summed E-state index contributed by atoms with van der Waals surface area (Å²) in [5.74, 6) is 2.00. The quantitative estimate of drug-likeness (QED) is 0.829. The molecule has 24 heavy (non-hydrogen) atoms. The van der Waals surface area contributed by atoms with Crippen molar-refractivity contribution < 1.29 is 4.79 Å². The van der Waals surface area contributed by atoms with Gasteiger partial charge in [-0.15, -0.1) is 16.4 Å². The van der Waals surface area contributed by atoms with Gasteiger partial charge in [-0.2, -0.15) is 4.98 Å². The second kappa shape index (κ2) is 6.37. The van der Waals surface area contributed by atoms with E-state index in [1.807, 2.05) is 4.68 Å². The molecule has 5 nitrogen and oxygen atoms in total. The summed E-state index contributed by atoms with van der Waals surface area (Å²) in [5.41, 5.74) is 3.13. The standard InChI is InChI=1S/C17H20N4OS2/c1-3-8-24-17-19-16-18-11-5-4-6-12(22)13(11)14(21(16)20-17)15-10(2)7-9-23-15/h7,9,14H,3-6,8H2,1-2H3,(H,18,19,20). The number of nitrogens with zero attached hydrogens (tertiary/aromatic N) is 3. The summed E-state index contributed by atoms with van der Waals surface area (Å²) in [5, 5.41) is 11.0. The third-order valence-corrected chi connectivity index (χ3v) is 6.55. The Bertz CT molecular complexity index is 820. The molecule has 2 aromatic rings. The topological polar surface area (TPSA) is 59.8 Å². The van der Waals surface area contributed by atoms with Crippen LogP contribution in [0.4, 0.5) is 5.95 Å². The zero-order valence-electron chi connectivity index (χ0n) is 13.8. The number of ketones is 1. The van der Waals surface area contributed by atoms with Crippen LogP contribution in [-0.4, -0.2) is 26.3 Å². The molecule has 0 spiro atoms. The van der Waals surface area contributed by atoms with Crippen LogP contribution in [0.15, 0.2) is 27.9 Å². The number of rotatable bonds is 4. The Labute approximate surface area is 149 Å². The largest absolute Gasteiger partial charge is 0.328 e. The van der Waals surface area contributed by atoms with Crippen LogP contribution in [0.3, 0.4) is 0 Å². The molecule has 126 valence electrons. The van der Waals surface area contributed by atoms with Gasteiger partial charge in [0.15, 0.2) is 5.78 Å². The first-order valence-corrected chi connectivity index (χ1v) is 10.2. The van der Waals surface area contributed by atoms with Crippen LogP contribution in [0.2, 0.25) is 0 Å². The van der Waals surface area contributed by atoms with E-state index in [0.717, 1.165) is 47.4 Å². The fourth-order valence-corrected chi connectivity index (χ4v) is 5.00. The van der Waals surface area contributed by atoms with Gasteiger partial charge >= 0.3 is 0 Å². The molecule has 7 heteroatoms. The number of anilines is 1. The minimum atomic E-state index is -0.132. The molecule has 0 saturated heterocycles. The summed E-state index contributed by atoms with van der Waals surface area (Å²) in [6.07, 6.45) is 3.53. The number of carbonyl (C=O) groups excluding carboxylic acids is 1. The van der Waals surface area contributed by atoms with Gasteiger partial charge in [-0.25, -0.2) is 4.68 Å². The van der Waals surface area contributed by atoms with Crippen molar-refractivity contribution in [1.29, 1.82) is 0 Å². The van der Waals surface area contributed by atoms with E-state index >= 15 is 0 Å². The van der Waals surface area contributed by atoms with E-state index in [0.29, 0.717) is 6.42 Å². The average Bonchev–Trinajstić information content (AvgIpc) is 3.17. The Morgan fingerprint density at radius 1 is 1.46 bits per heavy atom. The van der Waals surface area contributed by atoms with E-state index in [1.54, 1.807) is 23.1 Å². The third-order valence-electron chi connectivity index (χ3n) is 4.43. The maximum atomic E-state index is 12.7. The molecule has 1 aliphatic carbocycles. The number of hydrogen-bond acceptors (Lipinski definition) is 6. The van der Waals surface area contributed by atoms with Gasteiger partial charge in [0, 0.05) is 28.3 Å². The molecule has 0 saturated carbocycles. The van der Waals surface area contributed by atoms with E-state index in [-0.39, 0.29) is 11.8 Å². The first-order chi connectivity index (χ1) is 11.7. The third kappa shape index (κ3) is 2.59. The summed E-state index contributed by atoms with van der Waals surface area (Å²) in [6, 6.07) is 1.98. The summed E-state index contributed by atoms with van der Waals surface area (Å²) in [7, 11) is 0. The lowest BCUT2D eigenvalue weighted by molar-refractivity contribution is -0.116. The molecule has 1 N–H and O–H groups in total. The van der Waals surface area contributed by atoms with Crippen molar-refractivity contribution in [2.45, 2.75) is 50.7 Å². The molecule has 2 aromatic heterocycles. The predicted octanol–water partition coefficient (Wildman–Crippen LogP) is 4.17. The van der Waals surface area contributed by atoms with Gasteiger partial charge in [0.05, 0.1) is 0 Å². The van der Waals surface area contributed by atoms with Crippen molar-refractivity contribution in [3.63, 3.8) is 0 Å². The summed E-state index contributed by atoms with van der Waals surface area (Å²) in [6.45, 7) is 4.25. The van der Waals surface area contributed by atoms with Gasteiger partial charge in [-0.05, 0) is 43.2 Å². The van der Waals surface area contributed by atoms with Gasteiger partial charge in [0.2, 0.25) is 11.1 Å². The maximum Gasteiger partial charge on any atom is 0.227 e. The molecule has 0 aromatic carbocycles. The van der Waals surface area contributed by atoms with E-state index in [2.05, 4.69) is 35.6 Å². The summed E-state index contributed by atoms with van der Waals surface area (Å²) >= 11 is 3.36. The summed E-state index contributed by atoms with van der Waals surface area (Å²) < 4.78 is 1.92.